The van der Waals surface area contributed by atoms with Crippen LogP contribution >= 0.6 is 22.9 Å². The number of rotatable bonds is 7. The van der Waals surface area contributed by atoms with Gasteiger partial charge in [0.2, 0.25) is 5.91 Å². The molecule has 0 radical (unpaired) electrons. The van der Waals surface area contributed by atoms with Crippen LogP contribution in [0.4, 0.5) is 16.4 Å². The average molecular weight is 426 g/mol. The van der Waals surface area contributed by atoms with E-state index >= 15 is 0 Å². The second-order valence-electron chi connectivity index (χ2n) is 5.42. The van der Waals surface area contributed by atoms with Crippen molar-refractivity contribution in [3.63, 3.8) is 0 Å². The molecule has 0 saturated carbocycles. The van der Waals surface area contributed by atoms with Gasteiger partial charge >= 0.3 is 5.97 Å². The van der Waals surface area contributed by atoms with Crippen LogP contribution in [0.15, 0.2) is 24.3 Å². The van der Waals surface area contributed by atoms with Crippen LogP contribution in [0.25, 0.3) is 0 Å². The van der Waals surface area contributed by atoms with Crippen LogP contribution in [0.3, 0.4) is 0 Å². The van der Waals surface area contributed by atoms with E-state index in [9.17, 15) is 24.5 Å². The molecule has 1 aromatic heterocycles. The zero-order chi connectivity index (χ0) is 20.8. The van der Waals surface area contributed by atoms with Crippen molar-refractivity contribution < 1.29 is 24.0 Å². The Morgan fingerprint density at radius 1 is 1.29 bits per heavy atom. The number of ether oxygens (including phenoxy) is 1. The molecule has 0 aliphatic heterocycles. The number of carbonyl (C=O) groups is 3. The number of alkyl halides is 1. The maximum atomic E-state index is 12.7. The Bertz CT molecular complexity index is 943. The number of halogens is 1. The van der Waals surface area contributed by atoms with Crippen molar-refractivity contribution in [3.05, 3.63) is 50.4 Å². The number of amides is 2. The van der Waals surface area contributed by atoms with Gasteiger partial charge in [-0.1, -0.05) is 6.07 Å². The summed E-state index contributed by atoms with van der Waals surface area (Å²) in [4.78, 5) is 47.0. The fourth-order valence-electron chi connectivity index (χ4n) is 2.31. The molecule has 9 nitrogen and oxygen atoms in total. The van der Waals surface area contributed by atoms with E-state index in [2.05, 4.69) is 10.6 Å². The lowest BCUT2D eigenvalue weighted by atomic mass is 10.1. The number of benzene rings is 1. The fraction of sp³-hybridized carbons (Fsp3) is 0.235. The van der Waals surface area contributed by atoms with Gasteiger partial charge in [0.25, 0.3) is 11.6 Å². The molecular formula is C17H16ClN3O6S. The summed E-state index contributed by atoms with van der Waals surface area (Å²) in [6.07, 6.45) is 0. The molecule has 2 aromatic rings. The van der Waals surface area contributed by atoms with Crippen molar-refractivity contribution >= 4 is 57.1 Å². The quantitative estimate of drug-likeness (QED) is 0.302. The van der Waals surface area contributed by atoms with Gasteiger partial charge in [-0.2, -0.15) is 0 Å². The Morgan fingerprint density at radius 3 is 2.61 bits per heavy atom. The van der Waals surface area contributed by atoms with Gasteiger partial charge in [0.05, 0.1) is 22.0 Å². The van der Waals surface area contributed by atoms with Crippen molar-refractivity contribution in [3.8, 4) is 0 Å². The molecule has 0 atom stereocenters. The lowest BCUT2D eigenvalue weighted by molar-refractivity contribution is -0.384. The summed E-state index contributed by atoms with van der Waals surface area (Å²) in [7, 11) is 0. The number of esters is 1. The van der Waals surface area contributed by atoms with Crippen molar-refractivity contribution in [2.24, 2.45) is 0 Å². The van der Waals surface area contributed by atoms with Gasteiger partial charge in [-0.3, -0.25) is 19.7 Å². The second-order valence-corrected chi connectivity index (χ2v) is 6.71. The predicted octanol–water partition coefficient (Wildman–Crippen LogP) is 3.57. The number of nitro groups is 1. The first-order chi connectivity index (χ1) is 13.3. The third kappa shape index (κ3) is 4.84. The molecule has 1 heterocycles. The third-order valence-electron chi connectivity index (χ3n) is 3.52. The molecule has 0 unspecified atom stereocenters. The van der Waals surface area contributed by atoms with Crippen LogP contribution in [0.5, 0.6) is 0 Å². The van der Waals surface area contributed by atoms with Gasteiger partial charge in [-0.05, 0) is 25.5 Å². The molecule has 0 bridgehead atoms. The standard InChI is InChI=1S/C17H16ClN3O6S/c1-3-27-17(24)13-9(2)14(28-16(13)20-12(22)8-18)15(23)19-10-5-4-6-11(7-10)21(25)26/h4-7H,3,8H2,1-2H3,(H,19,23)(H,20,22). The van der Waals surface area contributed by atoms with Crippen LogP contribution in [0, 0.1) is 17.0 Å². The summed E-state index contributed by atoms with van der Waals surface area (Å²) in [6, 6.07) is 5.44. The minimum atomic E-state index is -0.685. The van der Waals surface area contributed by atoms with Gasteiger partial charge in [0.1, 0.15) is 10.9 Å². The van der Waals surface area contributed by atoms with Crippen molar-refractivity contribution in [2.75, 3.05) is 23.1 Å². The molecule has 0 fully saturated rings. The molecule has 0 saturated heterocycles. The zero-order valence-corrected chi connectivity index (χ0v) is 16.5. The molecule has 2 amide bonds. The molecule has 1 aromatic carbocycles. The highest BCUT2D eigenvalue weighted by atomic mass is 35.5. The first kappa shape index (κ1) is 21.3. The largest absolute Gasteiger partial charge is 0.462 e. The molecule has 2 rings (SSSR count). The number of non-ortho nitro benzene ring substituents is 1. The van der Waals surface area contributed by atoms with Crippen molar-refractivity contribution in [1.29, 1.82) is 0 Å². The maximum Gasteiger partial charge on any atom is 0.341 e. The van der Waals surface area contributed by atoms with E-state index in [0.717, 1.165) is 11.3 Å². The number of carbonyl (C=O) groups excluding carboxylic acids is 3. The number of nitrogens with zero attached hydrogens (tertiary/aromatic N) is 1. The second kappa shape index (κ2) is 9.29. The Balaban J connectivity index is 2.38. The third-order valence-corrected chi connectivity index (χ3v) is 4.97. The minimum absolute atomic E-state index is 0.0644. The molecule has 148 valence electrons. The maximum absolute atomic E-state index is 12.7. The van der Waals surface area contributed by atoms with Gasteiger partial charge in [-0.15, -0.1) is 22.9 Å². The minimum Gasteiger partial charge on any atom is -0.462 e. The SMILES string of the molecule is CCOC(=O)c1c(NC(=O)CCl)sc(C(=O)Nc2cccc([N+](=O)[O-])c2)c1C. The van der Waals surface area contributed by atoms with Crippen LogP contribution < -0.4 is 10.6 Å². The topological polar surface area (TPSA) is 128 Å². The summed E-state index contributed by atoms with van der Waals surface area (Å²) in [5.41, 5.74) is 0.421. The summed E-state index contributed by atoms with van der Waals surface area (Å²) in [5, 5.41) is 16.0. The Morgan fingerprint density at radius 2 is 2.00 bits per heavy atom. The highest BCUT2D eigenvalue weighted by molar-refractivity contribution is 7.19. The normalized spacial score (nSPS) is 10.2. The van der Waals surface area contributed by atoms with Gasteiger partial charge in [0, 0.05) is 17.8 Å². The van der Waals surface area contributed by atoms with E-state index < -0.39 is 22.7 Å². The Labute approximate surface area is 168 Å². The number of hydrogen-bond acceptors (Lipinski definition) is 7. The molecular weight excluding hydrogens is 410 g/mol. The van der Waals surface area contributed by atoms with Crippen LogP contribution in [-0.2, 0) is 9.53 Å². The molecule has 0 aliphatic carbocycles. The number of hydrogen-bond donors (Lipinski definition) is 2. The van der Waals surface area contributed by atoms with Gasteiger partial charge in [-0.25, -0.2) is 4.79 Å². The summed E-state index contributed by atoms with van der Waals surface area (Å²) < 4.78 is 4.99. The number of nitro benzene ring substituents is 1. The molecule has 0 aliphatic rings. The average Bonchev–Trinajstić information content (AvgIpc) is 2.98. The molecule has 0 spiro atoms. The molecule has 28 heavy (non-hydrogen) atoms. The van der Waals surface area contributed by atoms with Gasteiger partial charge < -0.3 is 15.4 Å². The van der Waals surface area contributed by atoms with E-state index in [-0.39, 0.29) is 39.3 Å². The highest BCUT2D eigenvalue weighted by Gasteiger charge is 2.26. The summed E-state index contributed by atoms with van der Waals surface area (Å²) in [5.74, 6) is -2.14. The number of thiophene rings is 1. The smallest absolute Gasteiger partial charge is 0.341 e. The van der Waals surface area contributed by atoms with E-state index in [4.69, 9.17) is 16.3 Å². The predicted molar refractivity (Wildman–Crippen MR) is 105 cm³/mol. The van der Waals surface area contributed by atoms with Crippen LogP contribution in [-0.4, -0.2) is 35.2 Å². The summed E-state index contributed by atoms with van der Waals surface area (Å²) >= 11 is 6.38. The van der Waals surface area contributed by atoms with E-state index in [1.807, 2.05) is 0 Å². The fourth-order valence-corrected chi connectivity index (χ4v) is 3.49. The van der Waals surface area contributed by atoms with E-state index in [1.165, 1.54) is 24.3 Å². The zero-order valence-electron chi connectivity index (χ0n) is 14.9. The van der Waals surface area contributed by atoms with Crippen molar-refractivity contribution in [2.45, 2.75) is 13.8 Å². The number of nitrogens with one attached hydrogen (secondary N) is 2. The molecule has 2 N–H and O–H groups in total. The van der Waals surface area contributed by atoms with Crippen molar-refractivity contribution in [1.82, 2.24) is 0 Å². The lowest BCUT2D eigenvalue weighted by Gasteiger charge is -2.06. The Kier molecular flexibility index (Phi) is 7.07. The first-order valence-electron chi connectivity index (χ1n) is 8.00. The van der Waals surface area contributed by atoms with Crippen LogP contribution in [0.2, 0.25) is 0 Å². The van der Waals surface area contributed by atoms with E-state index in [0.29, 0.717) is 5.56 Å². The molecule has 11 heteroatoms. The first-order valence-corrected chi connectivity index (χ1v) is 9.35. The van der Waals surface area contributed by atoms with E-state index in [1.54, 1.807) is 13.8 Å². The Hall–Kier alpha value is -2.98. The van der Waals surface area contributed by atoms with Gasteiger partial charge in [0.15, 0.2) is 0 Å². The van der Waals surface area contributed by atoms with Crippen LogP contribution in [0.1, 0.15) is 32.5 Å². The highest BCUT2D eigenvalue weighted by Crippen LogP contribution is 2.34. The lowest BCUT2D eigenvalue weighted by Crippen LogP contribution is -2.15. The number of anilines is 2. The summed E-state index contributed by atoms with van der Waals surface area (Å²) in [6.45, 7) is 3.29. The monoisotopic (exact) mass is 425 g/mol.